The highest BCUT2D eigenvalue weighted by Crippen LogP contribution is 2.17. The maximum absolute atomic E-state index is 4.29. The van der Waals surface area contributed by atoms with Crippen molar-refractivity contribution in [3.8, 4) is 0 Å². The zero-order valence-corrected chi connectivity index (χ0v) is 10.8. The van der Waals surface area contributed by atoms with Crippen molar-refractivity contribution in [3.63, 3.8) is 0 Å². The molecule has 2 N–H and O–H groups in total. The third-order valence-electron chi connectivity index (χ3n) is 3.32. The number of pyridine rings is 2. The molecule has 0 saturated carbocycles. The highest BCUT2D eigenvalue weighted by atomic mass is 14.9. The molecule has 3 aromatic heterocycles. The van der Waals surface area contributed by atoms with Crippen LogP contribution >= 0.6 is 0 Å². The Morgan fingerprint density at radius 3 is 3.00 bits per heavy atom. The van der Waals surface area contributed by atoms with Crippen LogP contribution in [0.1, 0.15) is 24.1 Å². The number of hydrogen-bond acceptors (Lipinski definition) is 3. The molecule has 3 aromatic rings. The summed E-state index contributed by atoms with van der Waals surface area (Å²) in [5.74, 6) is 0. The summed E-state index contributed by atoms with van der Waals surface area (Å²) in [5, 5.41) is 4.68. The predicted molar refractivity (Wildman–Crippen MR) is 75.6 cm³/mol. The highest BCUT2D eigenvalue weighted by molar-refractivity contribution is 5.79. The average Bonchev–Trinajstić information content (AvgIpc) is 2.89. The van der Waals surface area contributed by atoms with Crippen molar-refractivity contribution in [2.75, 3.05) is 0 Å². The van der Waals surface area contributed by atoms with Crippen LogP contribution in [0.3, 0.4) is 0 Å². The van der Waals surface area contributed by atoms with Gasteiger partial charge >= 0.3 is 0 Å². The van der Waals surface area contributed by atoms with Gasteiger partial charge in [0.1, 0.15) is 5.65 Å². The molecule has 0 saturated heterocycles. The lowest BCUT2D eigenvalue weighted by Gasteiger charge is -2.13. The van der Waals surface area contributed by atoms with E-state index in [2.05, 4.69) is 39.3 Å². The van der Waals surface area contributed by atoms with E-state index in [9.17, 15) is 0 Å². The van der Waals surface area contributed by atoms with Crippen LogP contribution in [0.2, 0.25) is 0 Å². The van der Waals surface area contributed by atoms with Crippen molar-refractivity contribution in [1.29, 1.82) is 0 Å². The minimum Gasteiger partial charge on any atom is -0.346 e. The van der Waals surface area contributed by atoms with Crippen LogP contribution in [0.4, 0.5) is 0 Å². The van der Waals surface area contributed by atoms with E-state index >= 15 is 0 Å². The lowest BCUT2D eigenvalue weighted by Crippen LogP contribution is -2.17. The molecule has 0 aliphatic carbocycles. The highest BCUT2D eigenvalue weighted by Gasteiger charge is 2.07. The number of aromatic amines is 1. The van der Waals surface area contributed by atoms with E-state index < -0.39 is 0 Å². The molecular formula is C15H16N4. The molecule has 4 nitrogen and oxygen atoms in total. The molecule has 96 valence electrons. The lowest BCUT2D eigenvalue weighted by molar-refractivity contribution is 0.575. The molecule has 0 amide bonds. The first-order valence-electron chi connectivity index (χ1n) is 6.39. The first kappa shape index (κ1) is 11.9. The number of rotatable bonds is 4. The average molecular weight is 252 g/mol. The molecule has 0 unspecified atom stereocenters. The van der Waals surface area contributed by atoms with E-state index in [0.717, 1.165) is 12.2 Å². The Bertz CT molecular complexity index is 660. The number of nitrogens with zero attached hydrogens (tertiary/aromatic N) is 2. The van der Waals surface area contributed by atoms with Gasteiger partial charge in [-0.25, -0.2) is 4.98 Å². The van der Waals surface area contributed by atoms with Crippen LogP contribution in [0.25, 0.3) is 11.0 Å². The molecule has 1 atom stereocenters. The zero-order valence-electron chi connectivity index (χ0n) is 10.8. The van der Waals surface area contributed by atoms with Gasteiger partial charge in [0.25, 0.3) is 0 Å². The van der Waals surface area contributed by atoms with Crippen molar-refractivity contribution in [2.45, 2.75) is 19.5 Å². The van der Waals surface area contributed by atoms with Gasteiger partial charge in [-0.05, 0) is 36.2 Å². The second-order valence-corrected chi connectivity index (χ2v) is 4.60. The second-order valence-electron chi connectivity index (χ2n) is 4.60. The van der Waals surface area contributed by atoms with Crippen LogP contribution < -0.4 is 5.32 Å². The molecule has 3 heterocycles. The van der Waals surface area contributed by atoms with Gasteiger partial charge in [0.2, 0.25) is 0 Å². The number of aromatic nitrogens is 3. The molecule has 0 aliphatic heterocycles. The Hall–Kier alpha value is -2.20. The predicted octanol–water partition coefficient (Wildman–Crippen LogP) is 2.81. The smallest absolute Gasteiger partial charge is 0.137 e. The fraction of sp³-hybridized carbons (Fsp3) is 0.200. The van der Waals surface area contributed by atoms with Crippen LogP contribution in [-0.2, 0) is 6.54 Å². The second kappa shape index (κ2) is 5.20. The summed E-state index contributed by atoms with van der Waals surface area (Å²) in [6.07, 6.45) is 7.50. The van der Waals surface area contributed by atoms with Gasteiger partial charge in [0, 0.05) is 42.8 Å². The van der Waals surface area contributed by atoms with E-state index in [1.165, 1.54) is 16.5 Å². The molecular weight excluding hydrogens is 236 g/mol. The quantitative estimate of drug-likeness (QED) is 0.750. The molecule has 4 heteroatoms. The Kier molecular flexibility index (Phi) is 3.25. The summed E-state index contributed by atoms with van der Waals surface area (Å²) in [4.78, 5) is 11.6. The van der Waals surface area contributed by atoms with E-state index in [0.29, 0.717) is 0 Å². The maximum Gasteiger partial charge on any atom is 0.137 e. The Labute approximate surface area is 111 Å². The van der Waals surface area contributed by atoms with Crippen molar-refractivity contribution in [3.05, 3.63) is 60.2 Å². The summed E-state index contributed by atoms with van der Waals surface area (Å²) in [7, 11) is 0. The summed E-state index contributed by atoms with van der Waals surface area (Å²) in [5.41, 5.74) is 3.37. The van der Waals surface area contributed by atoms with Crippen molar-refractivity contribution in [1.82, 2.24) is 20.3 Å². The topological polar surface area (TPSA) is 53.6 Å². The summed E-state index contributed by atoms with van der Waals surface area (Å²) >= 11 is 0. The van der Waals surface area contributed by atoms with E-state index in [1.807, 2.05) is 24.5 Å². The van der Waals surface area contributed by atoms with Gasteiger partial charge in [-0.1, -0.05) is 6.07 Å². The molecule has 19 heavy (non-hydrogen) atoms. The van der Waals surface area contributed by atoms with E-state index in [4.69, 9.17) is 0 Å². The van der Waals surface area contributed by atoms with Crippen molar-refractivity contribution in [2.24, 2.45) is 0 Å². The molecule has 0 fully saturated rings. The maximum atomic E-state index is 4.29. The van der Waals surface area contributed by atoms with Gasteiger partial charge in [0.05, 0.1) is 0 Å². The minimum absolute atomic E-state index is 0.273. The van der Waals surface area contributed by atoms with Gasteiger partial charge in [0.15, 0.2) is 0 Å². The summed E-state index contributed by atoms with van der Waals surface area (Å²) in [6, 6.07) is 8.37. The Morgan fingerprint density at radius 1 is 1.26 bits per heavy atom. The number of fused-ring (bicyclic) bond motifs is 1. The van der Waals surface area contributed by atoms with Crippen molar-refractivity contribution < 1.29 is 0 Å². The van der Waals surface area contributed by atoms with Crippen LogP contribution in [0, 0.1) is 0 Å². The monoisotopic (exact) mass is 252 g/mol. The first-order valence-corrected chi connectivity index (χ1v) is 6.39. The first-order chi connectivity index (χ1) is 9.34. The molecule has 0 spiro atoms. The third-order valence-corrected chi connectivity index (χ3v) is 3.32. The van der Waals surface area contributed by atoms with Crippen LogP contribution in [-0.4, -0.2) is 15.0 Å². The molecule has 0 radical (unpaired) electrons. The zero-order chi connectivity index (χ0) is 13.1. The summed E-state index contributed by atoms with van der Waals surface area (Å²) < 4.78 is 0. The Morgan fingerprint density at radius 2 is 2.16 bits per heavy atom. The number of nitrogens with one attached hydrogen (secondary N) is 2. The molecule has 0 aromatic carbocycles. The van der Waals surface area contributed by atoms with Crippen LogP contribution in [0.15, 0.2) is 49.1 Å². The number of H-pyrrole nitrogens is 1. The standard InChI is InChI=1S/C15H16N4/c1-11(12-4-2-6-16-8-12)18-9-13-10-19-15-14(13)5-3-7-17-15/h2-8,10-11,18H,9H2,1H3,(H,17,19)/t11-/m1/s1. The van der Waals surface area contributed by atoms with Gasteiger partial charge < -0.3 is 10.3 Å². The van der Waals surface area contributed by atoms with E-state index in [1.54, 1.807) is 12.4 Å². The van der Waals surface area contributed by atoms with Gasteiger partial charge in [-0.15, -0.1) is 0 Å². The van der Waals surface area contributed by atoms with Gasteiger partial charge in [-0.3, -0.25) is 4.98 Å². The molecule has 0 aliphatic rings. The summed E-state index contributed by atoms with van der Waals surface area (Å²) in [6.45, 7) is 2.95. The fourth-order valence-corrected chi connectivity index (χ4v) is 2.17. The van der Waals surface area contributed by atoms with Gasteiger partial charge in [-0.2, -0.15) is 0 Å². The van der Waals surface area contributed by atoms with E-state index in [-0.39, 0.29) is 6.04 Å². The SMILES string of the molecule is C[C@@H](NCc1c[nH]c2ncccc12)c1cccnc1. The normalized spacial score (nSPS) is 12.7. The Balaban J connectivity index is 1.73. The molecule has 3 rings (SSSR count). The number of hydrogen-bond donors (Lipinski definition) is 2. The fourth-order valence-electron chi connectivity index (χ4n) is 2.17. The van der Waals surface area contributed by atoms with Crippen LogP contribution in [0.5, 0.6) is 0 Å². The third kappa shape index (κ3) is 2.48. The largest absolute Gasteiger partial charge is 0.346 e. The minimum atomic E-state index is 0.273. The lowest BCUT2D eigenvalue weighted by atomic mass is 10.1. The molecule has 0 bridgehead atoms. The van der Waals surface area contributed by atoms with Crippen molar-refractivity contribution >= 4 is 11.0 Å².